The monoisotopic (exact) mass is 912 g/mol. The number of terminal acetylenes is 1. The highest BCUT2D eigenvalue weighted by atomic mass is 32.2. The molecular weight excluding hydrogens is 867 g/mol. The number of aromatic amines is 1. The van der Waals surface area contributed by atoms with E-state index in [1.165, 1.54) is 4.68 Å². The van der Waals surface area contributed by atoms with E-state index in [1.807, 2.05) is 20.8 Å². The Hall–Kier alpha value is -8.55. The number of hydrogen-bond acceptors (Lipinski definition) is 16. The van der Waals surface area contributed by atoms with Crippen LogP contribution in [0.5, 0.6) is 11.8 Å². The molecule has 4 N–H and O–H groups in total. The van der Waals surface area contributed by atoms with Gasteiger partial charge in [-0.25, -0.2) is 29.8 Å². The fourth-order valence-corrected chi connectivity index (χ4v) is 6.92. The number of fused-ring (bicyclic) bond motifs is 2. The van der Waals surface area contributed by atoms with Crippen molar-refractivity contribution in [2.24, 2.45) is 0 Å². The number of aromatic nitrogens is 14. The number of nitrogens with two attached hydrogens (primary N) is 1. The molecule has 0 fully saturated rings. The van der Waals surface area contributed by atoms with Crippen molar-refractivity contribution in [2.45, 2.75) is 46.4 Å². The van der Waals surface area contributed by atoms with Crippen LogP contribution in [0.4, 0.5) is 0 Å². The third kappa shape index (κ3) is 12.6. The van der Waals surface area contributed by atoms with Crippen molar-refractivity contribution in [2.75, 3.05) is 20.1 Å². The van der Waals surface area contributed by atoms with Gasteiger partial charge in [0, 0.05) is 60.1 Å². The molecule has 0 bridgehead atoms. The maximum Gasteiger partial charge on any atom is 0.295 e. The van der Waals surface area contributed by atoms with Gasteiger partial charge in [-0.3, -0.25) is 24.3 Å². The van der Waals surface area contributed by atoms with Gasteiger partial charge >= 0.3 is 0 Å². The van der Waals surface area contributed by atoms with Gasteiger partial charge in [0.1, 0.15) is 5.82 Å². The Balaban J connectivity index is 0.000000160. The Morgan fingerprint density at radius 2 is 1.23 bits per heavy atom. The molecule has 0 atom stereocenters. The number of nitrogens with zero attached hydrogens (tertiary/aromatic N) is 13. The van der Waals surface area contributed by atoms with Gasteiger partial charge in [0.15, 0.2) is 5.82 Å². The van der Waals surface area contributed by atoms with Crippen LogP contribution in [0.25, 0.3) is 33.8 Å². The summed E-state index contributed by atoms with van der Waals surface area (Å²) in [6, 6.07) is 3.46. The lowest BCUT2D eigenvalue weighted by molar-refractivity contribution is -0.639. The second kappa shape index (κ2) is 22.2. The van der Waals surface area contributed by atoms with Crippen LogP contribution < -0.4 is 25.6 Å². The maximum absolute atomic E-state index is 11.5. The Bertz CT molecular complexity index is 3270. The summed E-state index contributed by atoms with van der Waals surface area (Å²) >= 11 is 0. The standard InChI is InChI=1S/C12H11N5O.C11H9N5O.C9H12O3S.C8H8N2O.C4H6N3/c1-8-5-14-11(16-12(8)18-2)9-6-15-17-4-3-13-7-10(9)17;1-7-4-13-10(15-11(7)17)8-5-14-16-3-2-12-6-9(8)16;1-6-4-7(2)9(8(3)5-6)13(10,11)12;1-4-7-9-5-6(2)8(10-7)11-3;5-7-3-1-6-2-4-7/h3-7H,1-2H3;2-6H,1H3,(H,13,15,17);4-5H,1-3H3,(H,10,11,12);1,5H,2-3H3;1-4H,(H2,5,6)/q;;;;+1. The summed E-state index contributed by atoms with van der Waals surface area (Å²) in [4.78, 5) is 46.8. The zero-order valence-corrected chi connectivity index (χ0v) is 38.0. The highest BCUT2D eigenvalue weighted by molar-refractivity contribution is 7.86. The molecule has 0 aliphatic rings. The lowest BCUT2D eigenvalue weighted by atomic mass is 10.1. The maximum atomic E-state index is 11.5. The minimum Gasteiger partial charge on any atom is -0.481 e. The molecule has 0 radical (unpaired) electrons. The number of hydrogen-bond donors (Lipinski definition) is 3. The molecule has 0 unspecified atom stereocenters. The zero-order valence-electron chi connectivity index (χ0n) is 37.2. The fraction of sp³-hybridized carbons (Fsp3) is 0.182. The molecule has 0 spiro atoms. The molecule has 8 aromatic heterocycles. The third-order valence-electron chi connectivity index (χ3n) is 9.00. The van der Waals surface area contributed by atoms with Crippen molar-refractivity contribution < 1.29 is 27.1 Å². The van der Waals surface area contributed by atoms with Crippen LogP contribution in [0.1, 0.15) is 39.2 Å². The summed E-state index contributed by atoms with van der Waals surface area (Å²) in [6.07, 6.45) is 30.3. The molecule has 0 saturated carbocycles. The fourth-order valence-electron chi connectivity index (χ4n) is 5.99. The number of nitrogen functional groups attached to an aromatic ring is 1. The van der Waals surface area contributed by atoms with E-state index in [-0.39, 0.29) is 10.5 Å². The SMILES string of the molecule is C#Cc1ncc(C)c(OC)n1.COc1nc(-c2cnn3ccncc23)ncc1C.Cc1cc(C)c(S(=O)(=O)O)c(C)c1.Cc1cnc(-c2cnn3ccncc23)[nH]c1=O.N[n+]1ccncc1. The predicted molar refractivity (Wildman–Crippen MR) is 243 cm³/mol. The first-order valence-corrected chi connectivity index (χ1v) is 20.9. The van der Waals surface area contributed by atoms with Gasteiger partial charge in [0.25, 0.3) is 15.7 Å². The van der Waals surface area contributed by atoms with Gasteiger partial charge in [-0.1, -0.05) is 22.4 Å². The smallest absolute Gasteiger partial charge is 0.295 e. The van der Waals surface area contributed by atoms with E-state index in [0.717, 1.165) is 38.9 Å². The minimum atomic E-state index is -4.08. The van der Waals surface area contributed by atoms with Crippen LogP contribution in [-0.2, 0) is 10.1 Å². The lowest BCUT2D eigenvalue weighted by Crippen LogP contribution is -2.43. The predicted octanol–water partition coefficient (Wildman–Crippen LogP) is 4.01. The molecule has 1 aromatic carbocycles. The van der Waals surface area contributed by atoms with E-state index in [1.54, 1.807) is 149 Å². The Labute approximate surface area is 379 Å². The quantitative estimate of drug-likeness (QED) is 0.0952. The molecule has 9 rings (SSSR count). The minimum absolute atomic E-state index is 0.0260. The highest BCUT2D eigenvalue weighted by Crippen LogP contribution is 2.24. The Morgan fingerprint density at radius 3 is 1.74 bits per heavy atom. The first kappa shape index (κ1) is 48.5. The van der Waals surface area contributed by atoms with Crippen LogP contribution in [0.15, 0.2) is 115 Å². The van der Waals surface area contributed by atoms with Gasteiger partial charge in [0.05, 0.1) is 78.5 Å². The molecule has 0 saturated heterocycles. The van der Waals surface area contributed by atoms with Crippen molar-refractivity contribution >= 4 is 21.2 Å². The van der Waals surface area contributed by atoms with Gasteiger partial charge in [0.2, 0.25) is 30.0 Å². The first-order chi connectivity index (χ1) is 31.5. The molecule has 0 aliphatic heterocycles. The van der Waals surface area contributed by atoms with Crippen molar-refractivity contribution in [3.8, 4) is 46.9 Å². The van der Waals surface area contributed by atoms with E-state index < -0.39 is 10.1 Å². The molecular formula is C44H46N15O6S+. The number of ether oxygens (including phenoxy) is 2. The highest BCUT2D eigenvalue weighted by Gasteiger charge is 2.16. The summed E-state index contributed by atoms with van der Waals surface area (Å²) in [5, 5.41) is 8.39. The van der Waals surface area contributed by atoms with Crippen molar-refractivity contribution in [1.82, 2.24) is 64.1 Å². The molecule has 8 heterocycles. The van der Waals surface area contributed by atoms with Gasteiger partial charge in [-0.2, -0.15) is 28.6 Å². The largest absolute Gasteiger partial charge is 0.481 e. The van der Waals surface area contributed by atoms with E-state index in [0.29, 0.717) is 45.9 Å². The molecule has 338 valence electrons. The number of rotatable bonds is 5. The van der Waals surface area contributed by atoms with E-state index in [2.05, 4.69) is 61.0 Å². The first-order valence-electron chi connectivity index (χ1n) is 19.5. The van der Waals surface area contributed by atoms with Crippen LogP contribution >= 0.6 is 0 Å². The number of nitrogens with one attached hydrogen (secondary N) is 1. The molecule has 9 aromatic rings. The summed E-state index contributed by atoms with van der Waals surface area (Å²) in [5.74, 6) is 10.1. The Kier molecular flexibility index (Phi) is 16.3. The second-order valence-corrected chi connectivity index (χ2v) is 15.3. The summed E-state index contributed by atoms with van der Waals surface area (Å²) in [5.41, 5.74) is 7.64. The molecule has 22 heteroatoms. The van der Waals surface area contributed by atoms with Crippen molar-refractivity contribution in [3.05, 3.63) is 155 Å². The zero-order chi connectivity index (χ0) is 48.0. The van der Waals surface area contributed by atoms with Crippen molar-refractivity contribution in [1.29, 1.82) is 0 Å². The summed E-state index contributed by atoms with van der Waals surface area (Å²) < 4.78 is 45.8. The van der Waals surface area contributed by atoms with Gasteiger partial charge in [-0.15, -0.1) is 6.42 Å². The van der Waals surface area contributed by atoms with E-state index in [4.69, 9.17) is 26.3 Å². The third-order valence-corrected chi connectivity index (χ3v) is 10.2. The number of aryl methyl sites for hydroxylation is 6. The molecule has 0 amide bonds. The average molecular weight is 913 g/mol. The summed E-state index contributed by atoms with van der Waals surface area (Å²) in [7, 11) is -0.936. The van der Waals surface area contributed by atoms with Gasteiger partial charge in [-0.05, 0) is 58.6 Å². The topological polar surface area (TPSA) is 273 Å². The lowest BCUT2D eigenvalue weighted by Gasteiger charge is -2.07. The van der Waals surface area contributed by atoms with E-state index in [9.17, 15) is 13.2 Å². The van der Waals surface area contributed by atoms with Crippen molar-refractivity contribution in [3.63, 3.8) is 0 Å². The molecule has 0 aliphatic carbocycles. The average Bonchev–Trinajstić information content (AvgIpc) is 3.93. The normalized spacial score (nSPS) is 10.4. The van der Waals surface area contributed by atoms with Crippen LogP contribution in [0.2, 0.25) is 0 Å². The number of H-pyrrole nitrogens is 1. The summed E-state index contributed by atoms with van der Waals surface area (Å²) in [6.45, 7) is 10.7. The number of methoxy groups -OCH3 is 2. The number of benzene rings is 1. The Morgan fingerprint density at radius 1 is 0.697 bits per heavy atom. The van der Waals surface area contributed by atoms with Gasteiger partial charge < -0.3 is 14.5 Å². The van der Waals surface area contributed by atoms with E-state index >= 15 is 0 Å². The van der Waals surface area contributed by atoms with Crippen LogP contribution in [0.3, 0.4) is 0 Å². The molecule has 66 heavy (non-hydrogen) atoms. The van der Waals surface area contributed by atoms with Crippen LogP contribution in [0, 0.1) is 53.9 Å². The second-order valence-electron chi connectivity index (χ2n) is 14.0. The van der Waals surface area contributed by atoms with Crippen LogP contribution in [-0.4, -0.2) is 91.3 Å². The molecule has 21 nitrogen and oxygen atoms in total.